The Bertz CT molecular complexity index is 347. The lowest BCUT2D eigenvalue weighted by Gasteiger charge is -2.37. The summed E-state index contributed by atoms with van der Waals surface area (Å²) in [6.07, 6.45) is 5.82. The van der Waals surface area contributed by atoms with Crippen molar-refractivity contribution in [2.24, 2.45) is 0 Å². The molecule has 0 aliphatic carbocycles. The molecule has 2 heteroatoms. The molecule has 1 N–H and O–H groups in total. The van der Waals surface area contributed by atoms with E-state index in [1.165, 1.54) is 5.56 Å². The molecule has 0 saturated carbocycles. The molecule has 2 atom stereocenters. The Labute approximate surface area is 110 Å². The van der Waals surface area contributed by atoms with Crippen molar-refractivity contribution in [3.8, 4) is 0 Å². The first-order valence-corrected chi connectivity index (χ1v) is 7.10. The van der Waals surface area contributed by atoms with E-state index in [0.29, 0.717) is 6.61 Å². The first kappa shape index (κ1) is 13.6. The third kappa shape index (κ3) is 3.82. The van der Waals surface area contributed by atoms with Crippen LogP contribution in [-0.2, 0) is 11.2 Å². The Morgan fingerprint density at radius 1 is 1.33 bits per heavy atom. The van der Waals surface area contributed by atoms with Crippen LogP contribution >= 0.6 is 0 Å². The molecule has 1 saturated heterocycles. The van der Waals surface area contributed by atoms with Gasteiger partial charge >= 0.3 is 0 Å². The van der Waals surface area contributed by atoms with Crippen molar-refractivity contribution in [1.82, 2.24) is 0 Å². The van der Waals surface area contributed by atoms with Crippen molar-refractivity contribution in [2.75, 3.05) is 6.61 Å². The second kappa shape index (κ2) is 6.35. The standard InChI is InChI=1S/C16H24O2/c1-2-6-15-13-16(17,11-12-18-15)10-9-14-7-4-3-5-8-14/h3-5,7-8,15,17H,2,6,9-13H2,1H3. The monoisotopic (exact) mass is 248 g/mol. The van der Waals surface area contributed by atoms with Gasteiger partial charge < -0.3 is 9.84 Å². The van der Waals surface area contributed by atoms with Gasteiger partial charge in [-0.15, -0.1) is 0 Å². The lowest BCUT2D eigenvalue weighted by Crippen LogP contribution is -2.41. The maximum atomic E-state index is 10.6. The highest BCUT2D eigenvalue weighted by Gasteiger charge is 2.34. The molecule has 18 heavy (non-hydrogen) atoms. The Kier molecular flexibility index (Phi) is 4.79. The molecule has 2 rings (SSSR count). The van der Waals surface area contributed by atoms with Crippen molar-refractivity contribution in [2.45, 2.75) is 57.2 Å². The van der Waals surface area contributed by atoms with Gasteiger partial charge in [0, 0.05) is 13.0 Å². The number of ether oxygens (including phenoxy) is 1. The Morgan fingerprint density at radius 2 is 2.11 bits per heavy atom. The van der Waals surface area contributed by atoms with Gasteiger partial charge in [0.25, 0.3) is 0 Å². The van der Waals surface area contributed by atoms with Gasteiger partial charge in [0.1, 0.15) is 0 Å². The second-order valence-corrected chi connectivity index (χ2v) is 5.45. The minimum atomic E-state index is -0.520. The van der Waals surface area contributed by atoms with E-state index in [2.05, 4.69) is 31.2 Å². The largest absolute Gasteiger partial charge is 0.390 e. The molecule has 2 unspecified atom stereocenters. The van der Waals surface area contributed by atoms with Gasteiger partial charge in [0.2, 0.25) is 0 Å². The van der Waals surface area contributed by atoms with Crippen LogP contribution in [0.15, 0.2) is 30.3 Å². The van der Waals surface area contributed by atoms with Crippen LogP contribution in [0.2, 0.25) is 0 Å². The first-order valence-electron chi connectivity index (χ1n) is 7.10. The number of aryl methyl sites for hydroxylation is 1. The molecule has 1 aromatic carbocycles. The van der Waals surface area contributed by atoms with Gasteiger partial charge in [0.05, 0.1) is 11.7 Å². The molecule has 0 aromatic heterocycles. The van der Waals surface area contributed by atoms with Crippen molar-refractivity contribution < 1.29 is 9.84 Å². The molecule has 1 aliphatic rings. The number of hydrogen-bond acceptors (Lipinski definition) is 2. The Balaban J connectivity index is 1.87. The Morgan fingerprint density at radius 3 is 2.83 bits per heavy atom. The fraction of sp³-hybridized carbons (Fsp3) is 0.625. The van der Waals surface area contributed by atoms with E-state index in [9.17, 15) is 5.11 Å². The lowest BCUT2D eigenvalue weighted by atomic mass is 9.84. The van der Waals surface area contributed by atoms with Crippen molar-refractivity contribution >= 4 is 0 Å². The normalized spacial score (nSPS) is 28.2. The van der Waals surface area contributed by atoms with Crippen LogP contribution in [0.3, 0.4) is 0 Å². The van der Waals surface area contributed by atoms with Gasteiger partial charge in [-0.2, -0.15) is 0 Å². The van der Waals surface area contributed by atoms with Gasteiger partial charge in [-0.1, -0.05) is 43.7 Å². The van der Waals surface area contributed by atoms with E-state index in [1.807, 2.05) is 6.07 Å². The first-order chi connectivity index (χ1) is 8.72. The summed E-state index contributed by atoms with van der Waals surface area (Å²) in [6.45, 7) is 2.87. The highest BCUT2D eigenvalue weighted by molar-refractivity contribution is 5.15. The van der Waals surface area contributed by atoms with Crippen LogP contribution in [-0.4, -0.2) is 23.4 Å². The van der Waals surface area contributed by atoms with Gasteiger partial charge in [-0.25, -0.2) is 0 Å². The summed E-state index contributed by atoms with van der Waals surface area (Å²) >= 11 is 0. The third-order valence-corrected chi connectivity index (χ3v) is 3.86. The lowest BCUT2D eigenvalue weighted by molar-refractivity contribution is -0.108. The summed E-state index contributed by atoms with van der Waals surface area (Å²) < 4.78 is 5.71. The van der Waals surface area contributed by atoms with E-state index in [0.717, 1.165) is 38.5 Å². The van der Waals surface area contributed by atoms with Gasteiger partial charge in [-0.05, 0) is 31.2 Å². The quantitative estimate of drug-likeness (QED) is 0.866. The summed E-state index contributed by atoms with van der Waals surface area (Å²) in [7, 11) is 0. The van der Waals surface area contributed by atoms with Crippen LogP contribution in [0.5, 0.6) is 0 Å². The van der Waals surface area contributed by atoms with Crippen LogP contribution in [0, 0.1) is 0 Å². The molecule has 1 aliphatic heterocycles. The van der Waals surface area contributed by atoms with Crippen LogP contribution in [0.25, 0.3) is 0 Å². The average molecular weight is 248 g/mol. The number of rotatable bonds is 5. The highest BCUT2D eigenvalue weighted by Crippen LogP contribution is 2.31. The molecule has 1 heterocycles. The topological polar surface area (TPSA) is 29.5 Å². The van der Waals surface area contributed by atoms with Crippen LogP contribution < -0.4 is 0 Å². The van der Waals surface area contributed by atoms with Crippen LogP contribution in [0.1, 0.15) is 44.6 Å². The minimum Gasteiger partial charge on any atom is -0.390 e. The van der Waals surface area contributed by atoms with Crippen LogP contribution in [0.4, 0.5) is 0 Å². The number of aliphatic hydroxyl groups is 1. The Hall–Kier alpha value is -0.860. The summed E-state index contributed by atoms with van der Waals surface area (Å²) in [5.41, 5.74) is 0.790. The van der Waals surface area contributed by atoms with E-state index < -0.39 is 5.60 Å². The highest BCUT2D eigenvalue weighted by atomic mass is 16.5. The molecule has 100 valence electrons. The van der Waals surface area contributed by atoms with E-state index in [-0.39, 0.29) is 6.10 Å². The van der Waals surface area contributed by atoms with Gasteiger partial charge in [0.15, 0.2) is 0 Å². The summed E-state index contributed by atoms with van der Waals surface area (Å²) in [5, 5.41) is 10.6. The molecule has 2 nitrogen and oxygen atoms in total. The molecule has 0 amide bonds. The predicted molar refractivity (Wildman–Crippen MR) is 73.6 cm³/mol. The molecular formula is C16H24O2. The molecule has 0 bridgehead atoms. The van der Waals surface area contributed by atoms with E-state index >= 15 is 0 Å². The van der Waals surface area contributed by atoms with E-state index in [1.54, 1.807) is 0 Å². The molecular weight excluding hydrogens is 224 g/mol. The summed E-state index contributed by atoms with van der Waals surface area (Å²) in [6, 6.07) is 10.4. The predicted octanol–water partition coefficient (Wildman–Crippen LogP) is 3.33. The number of hydrogen-bond donors (Lipinski definition) is 1. The molecule has 1 aromatic rings. The smallest absolute Gasteiger partial charge is 0.0697 e. The average Bonchev–Trinajstić information content (AvgIpc) is 2.38. The zero-order chi connectivity index (χ0) is 12.8. The third-order valence-electron chi connectivity index (χ3n) is 3.86. The van der Waals surface area contributed by atoms with E-state index in [4.69, 9.17) is 4.74 Å². The van der Waals surface area contributed by atoms with Gasteiger partial charge in [-0.3, -0.25) is 0 Å². The van der Waals surface area contributed by atoms with Crippen molar-refractivity contribution in [3.05, 3.63) is 35.9 Å². The fourth-order valence-electron chi connectivity index (χ4n) is 2.76. The molecule has 0 spiro atoms. The summed E-state index contributed by atoms with van der Waals surface area (Å²) in [5.74, 6) is 0. The SMILES string of the molecule is CCCC1CC(O)(CCc2ccccc2)CCO1. The maximum Gasteiger partial charge on any atom is 0.0697 e. The zero-order valence-electron chi connectivity index (χ0n) is 11.3. The molecule has 0 radical (unpaired) electrons. The van der Waals surface area contributed by atoms with Crippen molar-refractivity contribution in [1.29, 1.82) is 0 Å². The molecule has 1 fully saturated rings. The fourth-order valence-corrected chi connectivity index (χ4v) is 2.76. The second-order valence-electron chi connectivity index (χ2n) is 5.45. The zero-order valence-corrected chi connectivity index (χ0v) is 11.3. The minimum absolute atomic E-state index is 0.254. The maximum absolute atomic E-state index is 10.6. The number of benzene rings is 1. The van der Waals surface area contributed by atoms with Crippen molar-refractivity contribution in [3.63, 3.8) is 0 Å². The summed E-state index contributed by atoms with van der Waals surface area (Å²) in [4.78, 5) is 0.